The summed E-state index contributed by atoms with van der Waals surface area (Å²) in [5, 5.41) is 4.16. The number of likely N-dealkylation sites (tertiary alicyclic amines) is 1. The third-order valence-electron chi connectivity index (χ3n) is 4.59. The Hall–Kier alpha value is -2.16. The van der Waals surface area contributed by atoms with E-state index in [0.717, 1.165) is 17.0 Å². The van der Waals surface area contributed by atoms with E-state index in [2.05, 4.69) is 10.1 Å². The molecule has 0 aliphatic carbocycles. The van der Waals surface area contributed by atoms with E-state index in [1.54, 1.807) is 17.9 Å². The first-order valence-corrected chi connectivity index (χ1v) is 8.60. The molecular formula is C17H21F3N4O2. The zero-order valence-corrected chi connectivity index (χ0v) is 14.7. The number of aryl methyl sites for hydroxylation is 1. The molecule has 0 aromatic carbocycles. The molecule has 0 spiro atoms. The van der Waals surface area contributed by atoms with Gasteiger partial charge in [-0.3, -0.25) is 4.79 Å². The molecule has 6 nitrogen and oxygen atoms in total. The molecule has 0 N–H and O–H groups in total. The molecule has 0 radical (unpaired) electrons. The number of rotatable bonds is 5. The summed E-state index contributed by atoms with van der Waals surface area (Å²) >= 11 is 0. The third kappa shape index (κ3) is 3.53. The van der Waals surface area contributed by atoms with Gasteiger partial charge in [0.1, 0.15) is 5.69 Å². The molecule has 0 unspecified atom stereocenters. The summed E-state index contributed by atoms with van der Waals surface area (Å²) in [6.07, 6.45) is -2.43. The van der Waals surface area contributed by atoms with Crippen molar-refractivity contribution in [2.75, 3.05) is 20.3 Å². The Morgan fingerprint density at radius 2 is 2.15 bits per heavy atom. The van der Waals surface area contributed by atoms with Crippen LogP contribution in [0, 0.1) is 0 Å². The van der Waals surface area contributed by atoms with Gasteiger partial charge in [0.05, 0.1) is 24.8 Å². The first kappa shape index (κ1) is 18.6. The standard InChI is InChI=1S/C17H21F3N4O2/c1-3-11-9-14(17(18,19)20)24-15(21-11)10-12(22-24)13-5-4-7-23(13)16(25)6-8-26-2/h9-10,13H,3-8H2,1-2H3/t13-/m1/s1. The number of aromatic nitrogens is 3. The molecule has 1 saturated heterocycles. The van der Waals surface area contributed by atoms with Gasteiger partial charge in [0.2, 0.25) is 5.91 Å². The Morgan fingerprint density at radius 3 is 2.81 bits per heavy atom. The Morgan fingerprint density at radius 1 is 1.38 bits per heavy atom. The fourth-order valence-electron chi connectivity index (χ4n) is 3.30. The van der Waals surface area contributed by atoms with Crippen molar-refractivity contribution in [3.8, 4) is 0 Å². The van der Waals surface area contributed by atoms with E-state index in [1.807, 2.05) is 0 Å². The minimum atomic E-state index is -4.53. The predicted molar refractivity (Wildman–Crippen MR) is 87.5 cm³/mol. The van der Waals surface area contributed by atoms with Gasteiger partial charge < -0.3 is 9.64 Å². The molecule has 2 aromatic rings. The van der Waals surface area contributed by atoms with Gasteiger partial charge in [-0.05, 0) is 25.3 Å². The van der Waals surface area contributed by atoms with Crippen LogP contribution in [0.4, 0.5) is 13.2 Å². The van der Waals surface area contributed by atoms with Gasteiger partial charge in [0.25, 0.3) is 0 Å². The highest BCUT2D eigenvalue weighted by molar-refractivity contribution is 5.77. The summed E-state index contributed by atoms with van der Waals surface area (Å²) in [5.74, 6) is -0.0790. The summed E-state index contributed by atoms with van der Waals surface area (Å²) in [7, 11) is 1.52. The average molecular weight is 370 g/mol. The van der Waals surface area contributed by atoms with Crippen molar-refractivity contribution in [2.24, 2.45) is 0 Å². The van der Waals surface area contributed by atoms with Crippen molar-refractivity contribution in [3.63, 3.8) is 0 Å². The maximum Gasteiger partial charge on any atom is 0.433 e. The SMILES string of the molecule is CCc1cc(C(F)(F)F)n2nc([C@H]3CCCN3C(=O)CCOC)cc2n1. The van der Waals surface area contributed by atoms with E-state index in [4.69, 9.17) is 4.74 Å². The highest BCUT2D eigenvalue weighted by Crippen LogP contribution is 2.34. The summed E-state index contributed by atoms with van der Waals surface area (Å²) < 4.78 is 46.0. The van der Waals surface area contributed by atoms with Crippen LogP contribution in [0.2, 0.25) is 0 Å². The number of amides is 1. The van der Waals surface area contributed by atoms with E-state index in [1.165, 1.54) is 7.11 Å². The lowest BCUT2D eigenvalue weighted by Crippen LogP contribution is -2.31. The van der Waals surface area contributed by atoms with E-state index in [9.17, 15) is 18.0 Å². The number of hydrogen-bond donors (Lipinski definition) is 0. The van der Waals surface area contributed by atoms with Crippen LogP contribution in [0.25, 0.3) is 5.65 Å². The number of carbonyl (C=O) groups excluding carboxylic acids is 1. The number of ether oxygens (including phenoxy) is 1. The quantitative estimate of drug-likeness (QED) is 0.812. The second-order valence-corrected chi connectivity index (χ2v) is 6.31. The fourth-order valence-corrected chi connectivity index (χ4v) is 3.30. The zero-order valence-electron chi connectivity index (χ0n) is 14.7. The molecule has 1 fully saturated rings. The van der Waals surface area contributed by atoms with E-state index >= 15 is 0 Å². The maximum absolute atomic E-state index is 13.4. The molecule has 1 aliphatic heterocycles. The molecule has 1 amide bonds. The highest BCUT2D eigenvalue weighted by Gasteiger charge is 2.37. The van der Waals surface area contributed by atoms with Crippen LogP contribution in [0.5, 0.6) is 0 Å². The predicted octanol–water partition coefficient (Wildman–Crippen LogP) is 3.01. The average Bonchev–Trinajstić information content (AvgIpc) is 3.23. The van der Waals surface area contributed by atoms with Crippen LogP contribution < -0.4 is 0 Å². The summed E-state index contributed by atoms with van der Waals surface area (Å²) in [4.78, 5) is 18.3. The largest absolute Gasteiger partial charge is 0.433 e. The number of carbonyl (C=O) groups is 1. The summed E-state index contributed by atoms with van der Waals surface area (Å²) in [5.41, 5.74) is 0.110. The topological polar surface area (TPSA) is 59.7 Å². The highest BCUT2D eigenvalue weighted by atomic mass is 19.4. The van der Waals surface area contributed by atoms with Crippen LogP contribution >= 0.6 is 0 Å². The lowest BCUT2D eigenvalue weighted by molar-refractivity contribution is -0.142. The van der Waals surface area contributed by atoms with Gasteiger partial charge in [-0.1, -0.05) is 6.92 Å². The minimum absolute atomic E-state index is 0.0790. The third-order valence-corrected chi connectivity index (χ3v) is 4.59. The number of alkyl halides is 3. The molecule has 3 rings (SSSR count). The van der Waals surface area contributed by atoms with Crippen LogP contribution in [-0.4, -0.2) is 45.7 Å². The lowest BCUT2D eigenvalue weighted by Gasteiger charge is -2.23. The van der Waals surface area contributed by atoms with Crippen molar-refractivity contribution < 1.29 is 22.7 Å². The van der Waals surface area contributed by atoms with Crippen LogP contribution in [0.1, 0.15) is 49.3 Å². The molecule has 1 aliphatic rings. The first-order chi connectivity index (χ1) is 12.3. The van der Waals surface area contributed by atoms with Crippen molar-refractivity contribution in [1.82, 2.24) is 19.5 Å². The smallest absolute Gasteiger partial charge is 0.384 e. The van der Waals surface area contributed by atoms with Gasteiger partial charge in [-0.25, -0.2) is 9.50 Å². The van der Waals surface area contributed by atoms with E-state index in [-0.39, 0.29) is 24.0 Å². The van der Waals surface area contributed by atoms with E-state index in [0.29, 0.717) is 37.4 Å². The Kier molecular flexibility index (Phi) is 5.17. The van der Waals surface area contributed by atoms with Crippen LogP contribution in [0.3, 0.4) is 0 Å². The number of nitrogens with zero attached hydrogens (tertiary/aromatic N) is 4. The molecule has 0 bridgehead atoms. The second kappa shape index (κ2) is 7.22. The maximum atomic E-state index is 13.4. The minimum Gasteiger partial charge on any atom is -0.384 e. The van der Waals surface area contributed by atoms with Gasteiger partial charge >= 0.3 is 6.18 Å². The lowest BCUT2D eigenvalue weighted by atomic mass is 10.1. The Bertz CT molecular complexity index is 803. The van der Waals surface area contributed by atoms with Gasteiger partial charge in [-0.2, -0.15) is 18.3 Å². The summed E-state index contributed by atoms with van der Waals surface area (Å²) in [6.45, 7) is 2.64. The molecule has 142 valence electrons. The molecule has 1 atom stereocenters. The van der Waals surface area contributed by atoms with Gasteiger partial charge in [-0.15, -0.1) is 0 Å². The molecular weight excluding hydrogens is 349 g/mol. The monoisotopic (exact) mass is 370 g/mol. The molecule has 2 aromatic heterocycles. The Balaban J connectivity index is 1.99. The van der Waals surface area contributed by atoms with Gasteiger partial charge in [0, 0.05) is 25.4 Å². The number of methoxy groups -OCH3 is 1. The Labute approximate surface area is 148 Å². The van der Waals surface area contributed by atoms with E-state index < -0.39 is 11.9 Å². The number of fused-ring (bicyclic) bond motifs is 1. The number of hydrogen-bond acceptors (Lipinski definition) is 4. The summed E-state index contributed by atoms with van der Waals surface area (Å²) in [6, 6.07) is 2.26. The van der Waals surface area contributed by atoms with Crippen molar-refractivity contribution >= 4 is 11.6 Å². The second-order valence-electron chi connectivity index (χ2n) is 6.31. The fraction of sp³-hybridized carbons (Fsp3) is 0.588. The van der Waals surface area contributed by atoms with Crippen molar-refractivity contribution in [1.29, 1.82) is 0 Å². The first-order valence-electron chi connectivity index (χ1n) is 8.60. The molecule has 26 heavy (non-hydrogen) atoms. The normalized spacial score (nSPS) is 18.0. The molecule has 3 heterocycles. The molecule has 0 saturated carbocycles. The van der Waals surface area contributed by atoms with Gasteiger partial charge in [0.15, 0.2) is 5.65 Å². The molecule has 9 heteroatoms. The van der Waals surface area contributed by atoms with Crippen molar-refractivity contribution in [3.05, 3.63) is 29.2 Å². The zero-order chi connectivity index (χ0) is 18.9. The van der Waals surface area contributed by atoms with Crippen LogP contribution in [0.15, 0.2) is 12.1 Å². The van der Waals surface area contributed by atoms with Crippen LogP contribution in [-0.2, 0) is 22.1 Å². The number of halogens is 3. The van der Waals surface area contributed by atoms with Crippen molar-refractivity contribution in [2.45, 2.75) is 44.8 Å².